The van der Waals surface area contributed by atoms with E-state index >= 15 is 0 Å². The number of aromatic nitrogens is 1. The molecule has 9 heteroatoms. The summed E-state index contributed by atoms with van der Waals surface area (Å²) in [6.07, 6.45) is 11.3. The van der Waals surface area contributed by atoms with Gasteiger partial charge in [-0.15, -0.1) is 0 Å². The number of ether oxygens (including phenoxy) is 1. The zero-order valence-corrected chi connectivity index (χ0v) is 23.3. The molecular weight excluding hydrogens is 500 g/mol. The Labute approximate surface area is 224 Å². The topological polar surface area (TPSA) is 92.7 Å². The highest BCUT2D eigenvalue weighted by molar-refractivity contribution is 7.87. The monoisotopic (exact) mass is 536 g/mol. The molecule has 0 bridgehead atoms. The van der Waals surface area contributed by atoms with E-state index in [4.69, 9.17) is 4.74 Å². The smallest absolute Gasteiger partial charge is 0.303 e. The second kappa shape index (κ2) is 9.39. The zero-order valence-electron chi connectivity index (χ0n) is 22.5. The van der Waals surface area contributed by atoms with Crippen molar-refractivity contribution in [2.75, 3.05) is 28.3 Å². The van der Waals surface area contributed by atoms with Crippen molar-refractivity contribution >= 4 is 27.0 Å². The van der Waals surface area contributed by atoms with Crippen LogP contribution in [0.15, 0.2) is 52.6 Å². The highest BCUT2D eigenvalue weighted by Gasteiger charge is 2.46. The number of carbonyl (C=O) groups is 1. The Hall–Kier alpha value is -2.88. The van der Waals surface area contributed by atoms with Gasteiger partial charge in [-0.25, -0.2) is 4.72 Å². The number of hydrogen-bond acceptors (Lipinski definition) is 5. The highest BCUT2D eigenvalue weighted by Crippen LogP contribution is 2.53. The molecule has 1 aliphatic heterocycles. The van der Waals surface area contributed by atoms with Gasteiger partial charge in [-0.3, -0.25) is 4.79 Å². The van der Waals surface area contributed by atoms with E-state index in [1.807, 2.05) is 7.05 Å². The van der Waals surface area contributed by atoms with E-state index in [0.29, 0.717) is 18.0 Å². The van der Waals surface area contributed by atoms with E-state index in [0.717, 1.165) is 38.6 Å². The second-order valence-corrected chi connectivity index (χ2v) is 12.9. The molecule has 8 nitrogen and oxygen atoms in total. The average Bonchev–Trinajstić information content (AvgIpc) is 3.54. The molecule has 1 fully saturated rings. The maximum Gasteiger partial charge on any atom is 0.303 e. The number of hydrogen-bond donors (Lipinski definition) is 2. The van der Waals surface area contributed by atoms with Gasteiger partial charge in [0.25, 0.3) is 5.91 Å². The second-order valence-electron chi connectivity index (χ2n) is 11.0. The number of nitrogens with zero attached hydrogens (tertiary/aromatic N) is 2. The number of methoxy groups -OCH3 is 1. The Morgan fingerprint density at radius 1 is 1.16 bits per heavy atom. The minimum atomic E-state index is -3.89. The summed E-state index contributed by atoms with van der Waals surface area (Å²) in [6.45, 7) is 0.538. The van der Waals surface area contributed by atoms with Gasteiger partial charge < -0.3 is 14.6 Å². The number of fused-ring (bicyclic) bond motifs is 6. The van der Waals surface area contributed by atoms with Crippen LogP contribution < -0.4 is 14.8 Å². The van der Waals surface area contributed by atoms with E-state index in [2.05, 4.69) is 45.0 Å². The van der Waals surface area contributed by atoms with Crippen LogP contribution in [0.2, 0.25) is 0 Å². The van der Waals surface area contributed by atoms with Gasteiger partial charge >= 0.3 is 10.2 Å². The van der Waals surface area contributed by atoms with Gasteiger partial charge in [0, 0.05) is 43.7 Å². The average molecular weight is 537 g/mol. The van der Waals surface area contributed by atoms with Crippen LogP contribution in [0.3, 0.4) is 0 Å². The van der Waals surface area contributed by atoms with Gasteiger partial charge in [-0.2, -0.15) is 12.7 Å². The van der Waals surface area contributed by atoms with Crippen molar-refractivity contribution in [1.82, 2.24) is 18.9 Å². The lowest BCUT2D eigenvalue weighted by Gasteiger charge is -2.31. The Kier molecular flexibility index (Phi) is 6.28. The molecule has 0 radical (unpaired) electrons. The summed E-state index contributed by atoms with van der Waals surface area (Å²) in [4.78, 5) is 13.3. The first-order chi connectivity index (χ1) is 18.3. The van der Waals surface area contributed by atoms with Crippen LogP contribution in [-0.2, 0) is 21.5 Å². The Balaban J connectivity index is 1.55. The third-order valence-corrected chi connectivity index (χ3v) is 10.2. The van der Waals surface area contributed by atoms with Gasteiger partial charge in [0.05, 0.1) is 18.2 Å². The molecule has 1 aromatic carbocycles. The van der Waals surface area contributed by atoms with Crippen LogP contribution in [-0.4, -0.2) is 57.5 Å². The molecule has 2 aromatic rings. The summed E-state index contributed by atoms with van der Waals surface area (Å²) in [5, 5.41) is 4.62. The van der Waals surface area contributed by atoms with Crippen LogP contribution >= 0.6 is 0 Å². The van der Waals surface area contributed by atoms with Gasteiger partial charge in [0.2, 0.25) is 0 Å². The van der Waals surface area contributed by atoms with Crippen LogP contribution in [0.25, 0.3) is 10.9 Å². The predicted octanol–water partition coefficient (Wildman–Crippen LogP) is 3.87. The van der Waals surface area contributed by atoms with Crippen LogP contribution in [0.5, 0.6) is 5.75 Å². The molecule has 2 heterocycles. The number of carbonyl (C=O) groups excluding carboxylic acids is 1. The molecule has 38 heavy (non-hydrogen) atoms. The van der Waals surface area contributed by atoms with Crippen LogP contribution in [0.4, 0.5) is 0 Å². The molecule has 3 aliphatic carbocycles. The number of benzene rings is 1. The lowest BCUT2D eigenvalue weighted by atomic mass is 9.81. The van der Waals surface area contributed by atoms with Crippen LogP contribution in [0, 0.1) is 0 Å². The Morgan fingerprint density at radius 3 is 2.61 bits per heavy atom. The molecule has 202 valence electrons. The molecule has 0 saturated heterocycles. The standard InChI is InChI=1S/C29H36N4O4S/c1-30-22-12-8-11-19-25-21(27(25)29(34)31-38(35,36)32(2)3)16-33-23(26(19)22)15-20-24(37-4)14-13-18(28(20)33)17-9-6-5-7-10-17/h8,11,13-15,17,22,26,30H,5-7,9-10,12,16H2,1-4H3,(H,31,34)/t22-,26?/m1/s1. The van der Waals surface area contributed by atoms with Crippen molar-refractivity contribution in [3.05, 3.63) is 63.9 Å². The van der Waals surface area contributed by atoms with Gasteiger partial charge in [0.1, 0.15) is 5.75 Å². The number of likely N-dealkylation sites (N-methyl/N-ethyl adjacent to an activating group) is 1. The van der Waals surface area contributed by atoms with Crippen molar-refractivity contribution in [1.29, 1.82) is 0 Å². The van der Waals surface area contributed by atoms with Crippen molar-refractivity contribution < 1.29 is 17.9 Å². The fourth-order valence-electron chi connectivity index (χ4n) is 6.81. The summed E-state index contributed by atoms with van der Waals surface area (Å²) in [5.74, 6) is 0.835. The van der Waals surface area contributed by atoms with E-state index < -0.39 is 16.1 Å². The minimum absolute atomic E-state index is 0.0320. The fraction of sp³-hybridized carbons (Fsp3) is 0.483. The lowest BCUT2D eigenvalue weighted by molar-refractivity contribution is -0.115. The van der Waals surface area contributed by atoms with E-state index in [1.165, 1.54) is 63.0 Å². The number of allylic oxidation sites excluding steroid dienone is 2. The molecule has 6 rings (SSSR count). The first-order valence-electron chi connectivity index (χ1n) is 13.5. The Bertz CT molecular complexity index is 1520. The van der Waals surface area contributed by atoms with Crippen LogP contribution in [0.1, 0.15) is 61.6 Å². The van der Waals surface area contributed by atoms with E-state index in [9.17, 15) is 13.2 Å². The SMILES string of the molecule is CN[C@@H]1CC=CC2=C3C(=C3C(=O)NS(=O)(=O)N(C)C)Cn3c(cc4c(OC)ccc(C5CCCCC5)c43)C21. The summed E-state index contributed by atoms with van der Waals surface area (Å²) in [7, 11) is 2.64. The van der Waals surface area contributed by atoms with Gasteiger partial charge in [0.15, 0.2) is 0 Å². The van der Waals surface area contributed by atoms with Crippen molar-refractivity contribution in [3.63, 3.8) is 0 Å². The molecule has 1 unspecified atom stereocenters. The van der Waals surface area contributed by atoms with Crippen molar-refractivity contribution in [2.45, 2.75) is 62.9 Å². The molecule has 1 saturated carbocycles. The largest absolute Gasteiger partial charge is 0.496 e. The molecule has 4 aliphatic rings. The normalized spacial score (nSPS) is 23.3. The summed E-state index contributed by atoms with van der Waals surface area (Å²) in [5.41, 5.74) is 7.18. The fourth-order valence-corrected chi connectivity index (χ4v) is 7.33. The predicted molar refractivity (Wildman–Crippen MR) is 148 cm³/mol. The van der Waals surface area contributed by atoms with Crippen molar-refractivity contribution in [2.24, 2.45) is 0 Å². The van der Waals surface area contributed by atoms with Crippen molar-refractivity contribution in [3.8, 4) is 5.75 Å². The summed E-state index contributed by atoms with van der Waals surface area (Å²) < 4.78 is 36.4. The zero-order chi connectivity index (χ0) is 26.8. The maximum absolute atomic E-state index is 13.3. The van der Waals surface area contributed by atoms with E-state index in [-0.39, 0.29) is 12.0 Å². The summed E-state index contributed by atoms with van der Waals surface area (Å²) >= 11 is 0. The number of amides is 1. The minimum Gasteiger partial charge on any atom is -0.496 e. The van der Waals surface area contributed by atoms with Gasteiger partial charge in [-0.05, 0) is 66.6 Å². The number of rotatable bonds is 6. The molecule has 1 amide bonds. The maximum atomic E-state index is 13.3. The Morgan fingerprint density at radius 2 is 1.92 bits per heavy atom. The van der Waals surface area contributed by atoms with E-state index in [1.54, 1.807) is 7.11 Å². The van der Waals surface area contributed by atoms with Gasteiger partial charge in [-0.1, -0.05) is 37.5 Å². The summed E-state index contributed by atoms with van der Waals surface area (Å²) in [6, 6.07) is 6.78. The lowest BCUT2D eigenvalue weighted by Crippen LogP contribution is -2.39. The molecule has 2 N–H and O–H groups in total. The first kappa shape index (κ1) is 25.4. The quantitative estimate of drug-likeness (QED) is 0.585. The highest BCUT2D eigenvalue weighted by atomic mass is 32.2. The molecular formula is C29H36N4O4S. The molecule has 0 spiro atoms. The molecule has 2 atom stereocenters. The third kappa shape index (κ3) is 3.94. The first-order valence-corrected chi connectivity index (χ1v) is 15.0. The third-order valence-electron chi connectivity index (χ3n) is 8.79. The molecule has 1 aromatic heterocycles. The number of nitrogens with one attached hydrogen (secondary N) is 2.